The molecule has 87 heavy (non-hydrogen) atoms. The number of carboxylic acid groups (broad SMARTS) is 1. The number of unbranched alkanes of at least 4 members (excludes halogenated alkanes) is 12. The average molecular weight is 1200 g/mol. The number of rotatable bonds is 59. The topological polar surface area (TPSA) is 111 Å². The summed E-state index contributed by atoms with van der Waals surface area (Å²) in [5.74, 6) is -2.35. The Morgan fingerprint density at radius 1 is 0.345 bits per heavy atom. The molecule has 0 aliphatic heterocycles. The molecular weight excluding hydrogens is 1080 g/mol. The summed E-state index contributed by atoms with van der Waals surface area (Å²) in [5.41, 5.74) is 0. The lowest BCUT2D eigenvalue weighted by Gasteiger charge is -2.26. The Hall–Kier alpha value is -5.87. The summed E-state index contributed by atoms with van der Waals surface area (Å²) in [7, 11) is 5.90. The molecule has 9 heteroatoms. The summed E-state index contributed by atoms with van der Waals surface area (Å²) in [6.45, 7) is 4.45. The van der Waals surface area contributed by atoms with Gasteiger partial charge in [0.05, 0.1) is 40.3 Å². The summed E-state index contributed by atoms with van der Waals surface area (Å²) in [4.78, 5) is 37.4. The van der Waals surface area contributed by atoms with Crippen LogP contribution in [0.4, 0.5) is 0 Å². The van der Waals surface area contributed by atoms with Crippen molar-refractivity contribution in [1.82, 2.24) is 0 Å². The van der Waals surface area contributed by atoms with Crippen LogP contribution < -0.4 is 5.11 Å². The fourth-order valence-electron chi connectivity index (χ4n) is 8.27. The fraction of sp³-hybridized carbons (Fsp3) is 0.551. The largest absolute Gasteiger partial charge is 0.545 e. The Morgan fingerprint density at radius 2 is 0.621 bits per heavy atom. The van der Waals surface area contributed by atoms with Gasteiger partial charge >= 0.3 is 11.9 Å². The molecule has 0 radical (unpaired) electrons. The Bertz CT molecular complexity index is 2130. The predicted molar refractivity (Wildman–Crippen MR) is 370 cm³/mol. The number of carbonyl (C=O) groups is 3. The highest BCUT2D eigenvalue weighted by Crippen LogP contribution is 2.14. The molecule has 0 aromatic rings. The van der Waals surface area contributed by atoms with Crippen molar-refractivity contribution in [2.45, 2.75) is 232 Å². The number of esters is 2. The zero-order valence-corrected chi connectivity index (χ0v) is 55.3. The lowest BCUT2D eigenvalue weighted by Crippen LogP contribution is -2.44. The van der Waals surface area contributed by atoms with Gasteiger partial charge in [-0.05, 0) is 141 Å². The first-order chi connectivity index (χ1) is 42.6. The molecule has 0 aromatic heterocycles. The van der Waals surface area contributed by atoms with Crippen LogP contribution in [0.3, 0.4) is 0 Å². The highest BCUT2D eigenvalue weighted by molar-refractivity contribution is 5.70. The van der Waals surface area contributed by atoms with Crippen molar-refractivity contribution in [2.75, 3.05) is 47.5 Å². The summed E-state index contributed by atoms with van der Waals surface area (Å²) >= 11 is 0. The Kier molecular flexibility index (Phi) is 61.6. The number of allylic oxidation sites excluding steroid dienone is 32. The van der Waals surface area contributed by atoms with Crippen LogP contribution in [0, 0.1) is 0 Å². The van der Waals surface area contributed by atoms with Crippen LogP contribution in [0.25, 0.3) is 0 Å². The number of quaternary nitrogens is 1. The van der Waals surface area contributed by atoms with E-state index in [1.165, 1.54) is 12.8 Å². The third kappa shape index (κ3) is 67.5. The van der Waals surface area contributed by atoms with Gasteiger partial charge in [-0.2, -0.15) is 0 Å². The smallest absolute Gasteiger partial charge is 0.306 e. The number of hydrogen-bond donors (Lipinski definition) is 0. The van der Waals surface area contributed by atoms with E-state index < -0.39 is 24.3 Å². The molecule has 0 aliphatic carbocycles. The molecule has 0 spiro atoms. The molecule has 2 atom stereocenters. The Labute approximate surface area is 532 Å². The lowest BCUT2D eigenvalue weighted by atomic mass is 10.1. The summed E-state index contributed by atoms with van der Waals surface area (Å²) in [5, 5.41) is 11.8. The number of carboxylic acids is 1. The van der Waals surface area contributed by atoms with Gasteiger partial charge in [0.2, 0.25) is 0 Å². The second kappa shape index (κ2) is 66.1. The van der Waals surface area contributed by atoms with E-state index >= 15 is 0 Å². The van der Waals surface area contributed by atoms with E-state index in [1.54, 1.807) is 0 Å². The molecule has 0 fully saturated rings. The van der Waals surface area contributed by atoms with E-state index in [2.05, 4.69) is 208 Å². The van der Waals surface area contributed by atoms with Crippen molar-refractivity contribution in [1.29, 1.82) is 0 Å². The van der Waals surface area contributed by atoms with E-state index in [-0.39, 0.29) is 38.6 Å². The summed E-state index contributed by atoms with van der Waals surface area (Å²) in [6, 6.07) is 0. The van der Waals surface area contributed by atoms with Crippen molar-refractivity contribution >= 4 is 17.9 Å². The van der Waals surface area contributed by atoms with Gasteiger partial charge in [0.25, 0.3) is 0 Å². The SMILES string of the molecule is CC/C=C\C/C=C\C/C=C\C/C=C\C/C=C\C/C=C\C/C=C\C/C=C\C/C=C\C/C=C\C/C=C\CCCCCCCCCC(=O)OC(COC(=O)CCCCCCC/C=C\C/C=C\C/C=C\C/C=C\C/C=C\CC)COC(OCC[N+](C)(C)C)C(=O)[O-]. The van der Waals surface area contributed by atoms with Gasteiger partial charge in [-0.1, -0.05) is 260 Å². The second-order valence-corrected chi connectivity index (χ2v) is 22.6. The number of likely N-dealkylation sites (N-methyl/N-ethyl adjacent to an activating group) is 1. The van der Waals surface area contributed by atoms with Crippen molar-refractivity contribution < 1.29 is 42.9 Å². The van der Waals surface area contributed by atoms with E-state index in [0.717, 1.165) is 167 Å². The number of hydrogen-bond acceptors (Lipinski definition) is 8. The van der Waals surface area contributed by atoms with Crippen LogP contribution in [0.15, 0.2) is 194 Å². The van der Waals surface area contributed by atoms with Gasteiger partial charge in [-0.3, -0.25) is 9.59 Å². The molecule has 9 nitrogen and oxygen atoms in total. The van der Waals surface area contributed by atoms with E-state index in [9.17, 15) is 19.5 Å². The summed E-state index contributed by atoms with van der Waals surface area (Å²) < 4.78 is 22.7. The zero-order valence-electron chi connectivity index (χ0n) is 55.3. The Balaban J connectivity index is 4.25. The predicted octanol–water partition coefficient (Wildman–Crippen LogP) is 19.7. The average Bonchev–Trinajstić information content (AvgIpc) is 3.59. The zero-order chi connectivity index (χ0) is 63.3. The fourth-order valence-corrected chi connectivity index (χ4v) is 8.27. The molecule has 486 valence electrons. The van der Waals surface area contributed by atoms with Crippen LogP contribution in [-0.4, -0.2) is 82.3 Å². The number of ether oxygens (including phenoxy) is 4. The monoisotopic (exact) mass is 1200 g/mol. The third-order valence-electron chi connectivity index (χ3n) is 13.3. The van der Waals surface area contributed by atoms with Crippen LogP contribution in [0.2, 0.25) is 0 Å². The normalized spacial score (nSPS) is 14.0. The quantitative estimate of drug-likeness (QED) is 0.0195. The van der Waals surface area contributed by atoms with E-state index in [1.807, 2.05) is 21.1 Å². The molecule has 0 rings (SSSR count). The number of nitrogens with zero attached hydrogens (tertiary/aromatic N) is 1. The minimum Gasteiger partial charge on any atom is -0.545 e. The standard InChI is InChI=1S/C78H121NO8/c1-6-8-10-12-14-16-18-20-22-24-26-28-29-30-31-32-33-34-35-36-37-38-39-40-41-42-43-44-45-46-47-49-51-53-55-57-59-61-63-65-67-69-76(81)87-74(73-86-78(77(82)83)84-71-70-79(3,4)5)72-85-75(80)68-66-64-62-60-58-56-54-52-50-48-27-25-23-21-19-17-15-13-11-9-7-2/h8-11,14-17,20-23,26-28,30-31,33-34,36-37,39-40,42-43,45-46,48-49,51-52,54,74,78H,6-7,12-13,18-19,24-25,29,32,35,38,41,44,47,50,53,55-73H2,1-5H3/b10-8-,11-9-,16-14-,17-15-,22-20-,23-21-,28-26-,31-30-,34-33-,37-36-,40-39-,43-42-,46-45-,48-27-,51-49-,54-52-. The third-order valence-corrected chi connectivity index (χ3v) is 13.3. The van der Waals surface area contributed by atoms with E-state index in [4.69, 9.17) is 18.9 Å². The maximum atomic E-state index is 12.9. The highest BCUT2D eigenvalue weighted by Gasteiger charge is 2.22. The molecule has 0 aliphatic rings. The Morgan fingerprint density at radius 3 is 0.920 bits per heavy atom. The van der Waals surface area contributed by atoms with Gasteiger partial charge in [0.15, 0.2) is 12.4 Å². The van der Waals surface area contributed by atoms with Crippen LogP contribution in [0.1, 0.15) is 219 Å². The maximum Gasteiger partial charge on any atom is 0.306 e. The molecule has 0 amide bonds. The first-order valence-electron chi connectivity index (χ1n) is 33.6. The molecule has 0 N–H and O–H groups in total. The number of carbonyl (C=O) groups excluding carboxylic acids is 3. The number of aliphatic carboxylic acids is 1. The lowest BCUT2D eigenvalue weighted by molar-refractivity contribution is -0.870. The molecule has 2 unspecified atom stereocenters. The van der Waals surface area contributed by atoms with Crippen molar-refractivity contribution in [3.8, 4) is 0 Å². The van der Waals surface area contributed by atoms with Crippen molar-refractivity contribution in [3.05, 3.63) is 194 Å². The molecular formula is C78H121NO8. The molecule has 0 bridgehead atoms. The molecule has 0 saturated carbocycles. The molecule has 0 saturated heterocycles. The van der Waals surface area contributed by atoms with E-state index in [0.29, 0.717) is 23.9 Å². The molecule has 0 aromatic carbocycles. The maximum absolute atomic E-state index is 12.9. The van der Waals surface area contributed by atoms with Crippen LogP contribution in [0.5, 0.6) is 0 Å². The first kappa shape index (κ1) is 81.1. The second-order valence-electron chi connectivity index (χ2n) is 22.6. The minimum atomic E-state index is -1.64. The molecule has 0 heterocycles. The minimum absolute atomic E-state index is 0.131. The van der Waals surface area contributed by atoms with Gasteiger partial charge < -0.3 is 33.3 Å². The van der Waals surface area contributed by atoms with Gasteiger partial charge in [0.1, 0.15) is 13.2 Å². The van der Waals surface area contributed by atoms with Crippen LogP contribution in [-0.2, 0) is 33.3 Å². The van der Waals surface area contributed by atoms with Gasteiger partial charge in [0, 0.05) is 12.8 Å². The van der Waals surface area contributed by atoms with Crippen molar-refractivity contribution in [3.63, 3.8) is 0 Å². The highest BCUT2D eigenvalue weighted by atomic mass is 16.7. The first-order valence-corrected chi connectivity index (χ1v) is 33.6. The van der Waals surface area contributed by atoms with Gasteiger partial charge in [-0.15, -0.1) is 0 Å². The van der Waals surface area contributed by atoms with Gasteiger partial charge in [-0.25, -0.2) is 0 Å². The van der Waals surface area contributed by atoms with Crippen LogP contribution >= 0.6 is 0 Å². The van der Waals surface area contributed by atoms with Crippen molar-refractivity contribution in [2.24, 2.45) is 0 Å². The summed E-state index contributed by atoms with van der Waals surface area (Å²) in [6.07, 6.45) is 99.2.